The van der Waals surface area contributed by atoms with E-state index in [9.17, 15) is 0 Å². The van der Waals surface area contributed by atoms with Crippen molar-refractivity contribution in [1.29, 1.82) is 0 Å². The molecule has 1 atom stereocenters. The molecule has 0 saturated carbocycles. The number of hydrogen-bond donors (Lipinski definition) is 0. The molecule has 0 aromatic heterocycles. The number of aryl methyl sites for hydroxylation is 1. The highest BCUT2D eigenvalue weighted by Crippen LogP contribution is 2.29. The van der Waals surface area contributed by atoms with Crippen LogP contribution in [0.4, 0.5) is 0 Å². The van der Waals surface area contributed by atoms with Gasteiger partial charge in [-0.3, -0.25) is 0 Å². The third-order valence-electron chi connectivity index (χ3n) is 3.90. The van der Waals surface area contributed by atoms with Crippen LogP contribution in [0.15, 0.2) is 54.6 Å². The van der Waals surface area contributed by atoms with Gasteiger partial charge >= 0.3 is 0 Å². The Balaban J connectivity index is 2.09. The van der Waals surface area contributed by atoms with Crippen LogP contribution in [-0.4, -0.2) is 4.83 Å². The fourth-order valence-electron chi connectivity index (χ4n) is 2.91. The minimum absolute atomic E-state index is 0.606. The summed E-state index contributed by atoms with van der Waals surface area (Å²) in [5.41, 5.74) is 1.48. The van der Waals surface area contributed by atoms with Crippen LogP contribution >= 0.6 is 15.9 Å². The lowest BCUT2D eigenvalue weighted by Gasteiger charge is -2.11. The lowest BCUT2D eigenvalue weighted by molar-refractivity contribution is 0.739. The molecule has 20 heavy (non-hydrogen) atoms. The Morgan fingerprint density at radius 1 is 0.900 bits per heavy atom. The zero-order valence-electron chi connectivity index (χ0n) is 11.8. The normalized spacial score (nSPS) is 12.9. The molecule has 1 heteroatoms. The highest BCUT2D eigenvalue weighted by molar-refractivity contribution is 9.09. The number of hydrogen-bond acceptors (Lipinski definition) is 0. The highest BCUT2D eigenvalue weighted by atomic mass is 79.9. The van der Waals surface area contributed by atoms with Gasteiger partial charge in [-0.25, -0.2) is 0 Å². The van der Waals surface area contributed by atoms with Crippen LogP contribution in [0.3, 0.4) is 0 Å². The molecule has 3 aromatic rings. The van der Waals surface area contributed by atoms with E-state index in [4.69, 9.17) is 0 Å². The number of halogens is 1. The van der Waals surface area contributed by atoms with Crippen LogP contribution in [0.1, 0.15) is 25.3 Å². The van der Waals surface area contributed by atoms with Gasteiger partial charge in [-0.2, -0.15) is 0 Å². The lowest BCUT2D eigenvalue weighted by atomic mass is 9.94. The molecule has 0 aliphatic carbocycles. The van der Waals surface area contributed by atoms with E-state index in [0.29, 0.717) is 4.83 Å². The van der Waals surface area contributed by atoms with Crippen molar-refractivity contribution in [3.8, 4) is 0 Å². The van der Waals surface area contributed by atoms with E-state index >= 15 is 0 Å². The van der Waals surface area contributed by atoms with Gasteiger partial charge in [0.2, 0.25) is 0 Å². The van der Waals surface area contributed by atoms with Gasteiger partial charge in [-0.05, 0) is 46.4 Å². The van der Waals surface area contributed by atoms with Crippen molar-refractivity contribution >= 4 is 37.5 Å². The van der Waals surface area contributed by atoms with Crippen molar-refractivity contribution in [2.45, 2.75) is 31.0 Å². The molecule has 0 N–H and O–H groups in total. The molecule has 0 aliphatic heterocycles. The third kappa shape index (κ3) is 2.73. The van der Waals surface area contributed by atoms with Gasteiger partial charge in [0.15, 0.2) is 0 Å². The van der Waals surface area contributed by atoms with Gasteiger partial charge in [-0.1, -0.05) is 77.5 Å². The van der Waals surface area contributed by atoms with Crippen LogP contribution in [-0.2, 0) is 6.42 Å². The smallest absolute Gasteiger partial charge is 0.0117 e. The second-order valence-corrected chi connectivity index (χ2v) is 7.04. The molecule has 0 nitrogen and oxygen atoms in total. The molecule has 0 bridgehead atoms. The molecule has 0 spiro atoms. The summed E-state index contributed by atoms with van der Waals surface area (Å²) in [5.74, 6) is 0. The average Bonchev–Trinajstić information content (AvgIpc) is 2.47. The zero-order chi connectivity index (χ0) is 13.9. The van der Waals surface area contributed by atoms with Crippen LogP contribution in [0, 0.1) is 0 Å². The first kappa shape index (κ1) is 13.6. The average molecular weight is 327 g/mol. The number of rotatable bonds is 4. The first-order valence-electron chi connectivity index (χ1n) is 7.29. The van der Waals surface area contributed by atoms with E-state index in [2.05, 4.69) is 77.5 Å². The molecule has 1 unspecified atom stereocenters. The maximum absolute atomic E-state index is 3.64. The maximum Gasteiger partial charge on any atom is 0.0117 e. The SMILES string of the molecule is CC(Br)CCCc1cc2ccccc2c2ccccc12. The number of alkyl halides is 1. The van der Waals surface area contributed by atoms with E-state index in [1.54, 1.807) is 0 Å². The molecule has 0 fully saturated rings. The summed E-state index contributed by atoms with van der Waals surface area (Å²) in [6.45, 7) is 2.22. The minimum Gasteiger partial charge on any atom is -0.0894 e. The Morgan fingerprint density at radius 2 is 1.55 bits per heavy atom. The topological polar surface area (TPSA) is 0 Å². The molecule has 3 aromatic carbocycles. The van der Waals surface area contributed by atoms with Crippen LogP contribution in [0.25, 0.3) is 21.5 Å². The molecule has 0 aliphatic rings. The van der Waals surface area contributed by atoms with E-state index in [0.717, 1.165) is 6.42 Å². The summed E-state index contributed by atoms with van der Waals surface area (Å²) in [6.07, 6.45) is 3.61. The molecule has 0 saturated heterocycles. The first-order chi connectivity index (χ1) is 9.75. The maximum atomic E-state index is 3.64. The molecule has 0 radical (unpaired) electrons. The van der Waals surface area contributed by atoms with Crippen molar-refractivity contribution in [1.82, 2.24) is 0 Å². The van der Waals surface area contributed by atoms with Crippen LogP contribution in [0.2, 0.25) is 0 Å². The predicted molar refractivity (Wildman–Crippen MR) is 92.8 cm³/mol. The van der Waals surface area contributed by atoms with Crippen molar-refractivity contribution in [3.63, 3.8) is 0 Å². The van der Waals surface area contributed by atoms with Crippen molar-refractivity contribution in [3.05, 3.63) is 60.2 Å². The van der Waals surface area contributed by atoms with E-state index in [-0.39, 0.29) is 0 Å². The Bertz CT molecular complexity index is 728. The Hall–Kier alpha value is -1.34. The summed E-state index contributed by atoms with van der Waals surface area (Å²) in [4.78, 5) is 0.606. The molecule has 3 rings (SSSR count). The van der Waals surface area contributed by atoms with Crippen molar-refractivity contribution in [2.24, 2.45) is 0 Å². The van der Waals surface area contributed by atoms with Gasteiger partial charge in [0, 0.05) is 4.83 Å². The molecule has 0 amide bonds. The standard InChI is InChI=1S/C19H19Br/c1-14(20)7-6-9-16-13-15-8-2-3-10-17(15)19-12-5-4-11-18(16)19/h2-5,8,10-14H,6-7,9H2,1H3. The zero-order valence-corrected chi connectivity index (χ0v) is 13.4. The molecule has 102 valence electrons. The summed E-state index contributed by atoms with van der Waals surface area (Å²) in [7, 11) is 0. The quantitative estimate of drug-likeness (QED) is 0.401. The van der Waals surface area contributed by atoms with Gasteiger partial charge in [0.05, 0.1) is 0 Å². The fourth-order valence-corrected chi connectivity index (χ4v) is 3.24. The number of fused-ring (bicyclic) bond motifs is 3. The summed E-state index contributed by atoms with van der Waals surface area (Å²) < 4.78 is 0. The van der Waals surface area contributed by atoms with E-state index in [1.165, 1.54) is 39.9 Å². The molecular weight excluding hydrogens is 308 g/mol. The first-order valence-corrected chi connectivity index (χ1v) is 8.21. The third-order valence-corrected chi connectivity index (χ3v) is 4.36. The second-order valence-electron chi connectivity index (χ2n) is 5.48. The van der Waals surface area contributed by atoms with E-state index in [1.807, 2.05) is 0 Å². The van der Waals surface area contributed by atoms with Crippen LogP contribution < -0.4 is 0 Å². The van der Waals surface area contributed by atoms with Crippen LogP contribution in [0.5, 0.6) is 0 Å². The lowest BCUT2D eigenvalue weighted by Crippen LogP contribution is -1.94. The Kier molecular flexibility index (Phi) is 4.07. The fraction of sp³-hybridized carbons (Fsp3) is 0.263. The Labute approximate surface area is 128 Å². The summed E-state index contributed by atoms with van der Waals surface area (Å²) in [5, 5.41) is 5.51. The van der Waals surface area contributed by atoms with E-state index < -0.39 is 0 Å². The van der Waals surface area contributed by atoms with Crippen molar-refractivity contribution < 1.29 is 0 Å². The molecular formula is C19H19Br. The van der Waals surface area contributed by atoms with Gasteiger partial charge in [-0.15, -0.1) is 0 Å². The largest absolute Gasteiger partial charge is 0.0894 e. The second kappa shape index (κ2) is 5.97. The monoisotopic (exact) mass is 326 g/mol. The number of benzene rings is 3. The van der Waals surface area contributed by atoms with Gasteiger partial charge in [0.1, 0.15) is 0 Å². The van der Waals surface area contributed by atoms with Gasteiger partial charge < -0.3 is 0 Å². The van der Waals surface area contributed by atoms with Gasteiger partial charge in [0.25, 0.3) is 0 Å². The van der Waals surface area contributed by atoms with Crippen molar-refractivity contribution in [2.75, 3.05) is 0 Å². The minimum atomic E-state index is 0.606. The summed E-state index contributed by atoms with van der Waals surface area (Å²) in [6, 6.07) is 19.9. The highest BCUT2D eigenvalue weighted by Gasteiger charge is 2.06. The Morgan fingerprint density at radius 3 is 2.30 bits per heavy atom. The molecule has 0 heterocycles. The predicted octanol–water partition coefficient (Wildman–Crippen LogP) is 6.10. The summed E-state index contributed by atoms with van der Waals surface area (Å²) >= 11 is 3.64.